The second-order valence-corrected chi connectivity index (χ2v) is 10.8. The fourth-order valence-corrected chi connectivity index (χ4v) is 6.28. The van der Waals surface area contributed by atoms with E-state index in [4.69, 9.17) is 4.74 Å². The zero-order valence-electron chi connectivity index (χ0n) is 20.5. The Morgan fingerprint density at radius 2 is 1.71 bits per heavy atom. The van der Waals surface area contributed by atoms with Crippen LogP contribution in [0.15, 0.2) is 52.4 Å². The minimum atomic E-state index is -3.62. The molecule has 0 aliphatic carbocycles. The number of amides is 1. The highest BCUT2D eigenvalue weighted by Crippen LogP contribution is 2.21. The Morgan fingerprint density at radius 3 is 2.31 bits per heavy atom. The van der Waals surface area contributed by atoms with E-state index in [1.807, 2.05) is 31.4 Å². The Bertz CT molecular complexity index is 1370. The van der Waals surface area contributed by atoms with Gasteiger partial charge >= 0.3 is 5.97 Å². The molecular formula is C25H31N3O5S2. The van der Waals surface area contributed by atoms with Gasteiger partial charge in [-0.1, -0.05) is 31.6 Å². The van der Waals surface area contributed by atoms with Crippen LogP contribution < -0.4 is 4.80 Å². The van der Waals surface area contributed by atoms with Gasteiger partial charge in [-0.25, -0.2) is 13.2 Å². The van der Waals surface area contributed by atoms with E-state index in [1.54, 1.807) is 19.1 Å². The zero-order chi connectivity index (χ0) is 25.6. The van der Waals surface area contributed by atoms with Crippen LogP contribution in [0, 0.1) is 0 Å². The van der Waals surface area contributed by atoms with E-state index in [0.29, 0.717) is 42.2 Å². The molecule has 0 spiro atoms. The Kier molecular flexibility index (Phi) is 8.98. The molecule has 188 valence electrons. The van der Waals surface area contributed by atoms with Gasteiger partial charge in [0.05, 0.1) is 27.3 Å². The monoisotopic (exact) mass is 517 g/mol. The van der Waals surface area contributed by atoms with Crippen LogP contribution in [-0.4, -0.2) is 48.9 Å². The molecule has 0 atom stereocenters. The summed E-state index contributed by atoms with van der Waals surface area (Å²) < 4.78 is 35.1. The topological polar surface area (TPSA) is 98.0 Å². The van der Waals surface area contributed by atoms with Gasteiger partial charge in [0.25, 0.3) is 5.91 Å². The van der Waals surface area contributed by atoms with Crippen molar-refractivity contribution in [3.05, 3.63) is 58.4 Å². The molecule has 1 aromatic heterocycles. The highest BCUT2D eigenvalue weighted by Gasteiger charge is 2.22. The number of hydrogen-bond acceptors (Lipinski definition) is 6. The fourth-order valence-electron chi connectivity index (χ4n) is 3.66. The van der Waals surface area contributed by atoms with Gasteiger partial charge in [-0.15, -0.1) is 0 Å². The van der Waals surface area contributed by atoms with Gasteiger partial charge in [0, 0.05) is 25.2 Å². The number of carbonyl (C=O) groups is 2. The summed E-state index contributed by atoms with van der Waals surface area (Å²) in [6.45, 7) is 9.27. The number of sulfonamides is 1. The van der Waals surface area contributed by atoms with Crippen molar-refractivity contribution in [2.45, 2.75) is 52.0 Å². The minimum Gasteiger partial charge on any atom is -0.462 e. The number of benzene rings is 2. The van der Waals surface area contributed by atoms with E-state index < -0.39 is 21.9 Å². The average molecular weight is 518 g/mol. The van der Waals surface area contributed by atoms with E-state index in [0.717, 1.165) is 23.1 Å². The van der Waals surface area contributed by atoms with Crippen LogP contribution in [0.4, 0.5) is 0 Å². The number of aryl methyl sites for hydroxylation is 1. The molecule has 1 amide bonds. The van der Waals surface area contributed by atoms with Crippen molar-refractivity contribution in [2.75, 3.05) is 19.7 Å². The van der Waals surface area contributed by atoms with Crippen LogP contribution in [0.5, 0.6) is 0 Å². The lowest BCUT2D eigenvalue weighted by atomic mass is 10.2. The third-order valence-electron chi connectivity index (χ3n) is 5.56. The quantitative estimate of drug-likeness (QED) is 0.370. The molecule has 0 aliphatic rings. The fraction of sp³-hybridized carbons (Fsp3) is 0.400. The minimum absolute atomic E-state index is 0.156. The molecule has 1 heterocycles. The molecule has 10 heteroatoms. The van der Waals surface area contributed by atoms with Crippen LogP contribution in [0.3, 0.4) is 0 Å². The van der Waals surface area contributed by atoms with Crippen molar-refractivity contribution >= 4 is 43.5 Å². The first-order valence-corrected chi connectivity index (χ1v) is 14.0. The lowest BCUT2D eigenvalue weighted by Gasteiger charge is -2.20. The van der Waals surface area contributed by atoms with Crippen molar-refractivity contribution in [3.8, 4) is 0 Å². The summed E-state index contributed by atoms with van der Waals surface area (Å²) in [4.78, 5) is 29.9. The van der Waals surface area contributed by atoms with Gasteiger partial charge in [-0.05, 0) is 62.7 Å². The van der Waals surface area contributed by atoms with Gasteiger partial charge in [0.1, 0.15) is 0 Å². The first-order valence-electron chi connectivity index (χ1n) is 11.8. The molecule has 0 saturated heterocycles. The molecule has 0 fully saturated rings. The highest BCUT2D eigenvalue weighted by molar-refractivity contribution is 7.89. The van der Waals surface area contributed by atoms with Gasteiger partial charge in [0.2, 0.25) is 10.0 Å². The third kappa shape index (κ3) is 5.88. The lowest BCUT2D eigenvalue weighted by molar-refractivity contribution is 0.0526. The average Bonchev–Trinajstić information content (AvgIpc) is 3.20. The Labute approximate surface area is 209 Å². The highest BCUT2D eigenvalue weighted by atomic mass is 32.2. The van der Waals surface area contributed by atoms with Crippen molar-refractivity contribution in [3.63, 3.8) is 0 Å². The molecule has 0 N–H and O–H groups in total. The number of aromatic nitrogens is 1. The Morgan fingerprint density at radius 1 is 1.03 bits per heavy atom. The van der Waals surface area contributed by atoms with Crippen molar-refractivity contribution in [1.29, 1.82) is 0 Å². The summed E-state index contributed by atoms with van der Waals surface area (Å²) in [5.74, 6) is -0.863. The van der Waals surface area contributed by atoms with E-state index in [1.165, 1.54) is 39.9 Å². The number of hydrogen-bond donors (Lipinski definition) is 0. The van der Waals surface area contributed by atoms with Crippen molar-refractivity contribution in [1.82, 2.24) is 8.87 Å². The zero-order valence-corrected chi connectivity index (χ0v) is 22.1. The van der Waals surface area contributed by atoms with Crippen LogP contribution in [-0.2, 0) is 21.3 Å². The summed E-state index contributed by atoms with van der Waals surface area (Å²) in [6, 6.07) is 11.2. The molecule has 3 aromatic rings. The number of nitrogens with zero attached hydrogens (tertiary/aromatic N) is 3. The van der Waals surface area contributed by atoms with E-state index >= 15 is 0 Å². The van der Waals surface area contributed by atoms with Crippen LogP contribution in [0.2, 0.25) is 0 Å². The molecule has 0 aliphatic heterocycles. The number of esters is 1. The van der Waals surface area contributed by atoms with Gasteiger partial charge < -0.3 is 9.30 Å². The van der Waals surface area contributed by atoms with Gasteiger partial charge in [-0.2, -0.15) is 9.30 Å². The SMILES string of the molecule is CCCCN(CC)S(=O)(=O)c1ccc(C(=O)N=c2sc3cc(C(=O)OCC)ccc3n2CC)cc1. The van der Waals surface area contributed by atoms with Crippen LogP contribution in [0.1, 0.15) is 61.3 Å². The maximum atomic E-state index is 12.9. The number of ether oxygens (including phenoxy) is 1. The predicted octanol–water partition coefficient (Wildman–Crippen LogP) is 4.45. The molecule has 0 saturated carbocycles. The number of rotatable bonds is 10. The largest absolute Gasteiger partial charge is 0.462 e. The number of fused-ring (bicyclic) bond motifs is 1. The van der Waals surface area contributed by atoms with Crippen LogP contribution >= 0.6 is 11.3 Å². The molecule has 2 aromatic carbocycles. The summed E-state index contributed by atoms with van der Waals surface area (Å²) in [5.41, 5.74) is 1.61. The maximum absolute atomic E-state index is 12.9. The van der Waals surface area contributed by atoms with E-state index in [9.17, 15) is 18.0 Å². The Balaban J connectivity index is 1.92. The standard InChI is InChI=1S/C25H31N3O5S2/c1-5-9-16-27(6-2)35(31,32)20-13-10-18(11-14-20)23(29)26-25-28(7-3)21-15-12-19(17-22(21)34-25)24(30)33-8-4/h10-15,17H,5-9,16H2,1-4H3. The summed E-state index contributed by atoms with van der Waals surface area (Å²) in [6.07, 6.45) is 1.69. The van der Waals surface area contributed by atoms with E-state index in [-0.39, 0.29) is 4.90 Å². The molecule has 8 nitrogen and oxygen atoms in total. The normalized spacial score (nSPS) is 12.4. The molecule has 0 radical (unpaired) electrons. The molecular weight excluding hydrogens is 486 g/mol. The lowest BCUT2D eigenvalue weighted by Crippen LogP contribution is -2.31. The molecule has 35 heavy (non-hydrogen) atoms. The van der Waals surface area contributed by atoms with Crippen molar-refractivity contribution < 1.29 is 22.7 Å². The van der Waals surface area contributed by atoms with Crippen molar-refractivity contribution in [2.24, 2.45) is 4.99 Å². The molecule has 0 bridgehead atoms. The first-order chi connectivity index (χ1) is 16.8. The van der Waals surface area contributed by atoms with Gasteiger partial charge in [0.15, 0.2) is 4.80 Å². The van der Waals surface area contributed by atoms with Crippen LogP contribution in [0.25, 0.3) is 10.2 Å². The molecule has 3 rings (SSSR count). The Hall–Kier alpha value is -2.82. The third-order valence-corrected chi connectivity index (χ3v) is 8.59. The van der Waals surface area contributed by atoms with E-state index in [2.05, 4.69) is 4.99 Å². The summed E-state index contributed by atoms with van der Waals surface area (Å²) in [7, 11) is -3.62. The number of carbonyl (C=O) groups excluding carboxylic acids is 2. The smallest absolute Gasteiger partial charge is 0.338 e. The number of unbranched alkanes of at least 4 members (excludes halogenated alkanes) is 1. The second-order valence-electron chi connectivity index (χ2n) is 7.82. The summed E-state index contributed by atoms with van der Waals surface area (Å²) >= 11 is 1.31. The number of thiazole rings is 1. The predicted molar refractivity (Wildman–Crippen MR) is 137 cm³/mol. The maximum Gasteiger partial charge on any atom is 0.338 e. The summed E-state index contributed by atoms with van der Waals surface area (Å²) in [5, 5.41) is 0. The second kappa shape index (κ2) is 11.7. The molecule has 0 unspecified atom stereocenters. The first kappa shape index (κ1) is 26.8. The van der Waals surface area contributed by atoms with Gasteiger partial charge in [-0.3, -0.25) is 4.79 Å².